The Hall–Kier alpha value is -0.620. The Bertz CT molecular complexity index is 719. The number of allylic oxidation sites excluding steroid dienone is 2. The Morgan fingerprint density at radius 3 is 1.59 bits per heavy atom. The summed E-state index contributed by atoms with van der Waals surface area (Å²) in [5, 5.41) is 0. The Morgan fingerprint density at radius 1 is 0.682 bits per heavy atom. The Kier molecular flexibility index (Phi) is 4.15. The number of hydrogen-bond acceptors (Lipinski definition) is 0. The number of fused-ring (bicyclic) bond motifs is 2. The van der Waals surface area contributed by atoms with Crippen LogP contribution in [0.5, 0.6) is 0 Å². The lowest BCUT2D eigenvalue weighted by atomic mass is 9.89. The third kappa shape index (κ3) is 2.58. The molecule has 0 radical (unpaired) electrons. The van der Waals surface area contributed by atoms with Crippen LogP contribution in [0.4, 0.5) is 0 Å². The van der Waals surface area contributed by atoms with Crippen molar-refractivity contribution < 1.29 is 0 Å². The van der Waals surface area contributed by atoms with Gasteiger partial charge in [-0.05, 0) is 92.4 Å². The van der Waals surface area contributed by atoms with Crippen molar-refractivity contribution in [3.05, 3.63) is 77.9 Å². The maximum absolute atomic E-state index is 2.44. The van der Waals surface area contributed by atoms with Gasteiger partial charge in [-0.2, -0.15) is 0 Å². The maximum Gasteiger partial charge on any atom is 0.0205 e. The third-order valence-corrected chi connectivity index (χ3v) is 6.63. The Balaban J connectivity index is 1.51. The van der Waals surface area contributed by atoms with Gasteiger partial charge in [-0.1, -0.05) is 48.6 Å². The minimum atomic E-state index is 0.588. The van der Waals surface area contributed by atoms with Gasteiger partial charge in [0.05, 0.1) is 0 Å². The zero-order valence-corrected chi connectivity index (χ0v) is 16.4. The highest BCUT2D eigenvalue weighted by atomic mass is 127. The van der Waals surface area contributed by atoms with E-state index in [2.05, 4.69) is 106 Å². The van der Waals surface area contributed by atoms with Gasteiger partial charge in [-0.15, -0.1) is 0 Å². The second-order valence-electron chi connectivity index (χ2n) is 5.99. The summed E-state index contributed by atoms with van der Waals surface area (Å²) in [5.41, 5.74) is 5.89. The molecular weight excluding hydrogens is 494 g/mol. The van der Waals surface area contributed by atoms with Crippen LogP contribution in [0.25, 0.3) is 12.2 Å². The summed E-state index contributed by atoms with van der Waals surface area (Å²) >= 11 is 4.89. The van der Waals surface area contributed by atoms with Gasteiger partial charge in [0.1, 0.15) is 0 Å². The molecule has 0 heterocycles. The Labute approximate surface area is 159 Å². The average Bonchev–Trinajstić information content (AvgIpc) is 3.11. The summed E-state index contributed by atoms with van der Waals surface area (Å²) in [7, 11) is 0. The van der Waals surface area contributed by atoms with E-state index in [1.54, 1.807) is 0 Å². The first-order chi connectivity index (χ1) is 10.7. The molecule has 0 spiro atoms. The van der Waals surface area contributed by atoms with E-state index in [9.17, 15) is 0 Å². The van der Waals surface area contributed by atoms with E-state index in [4.69, 9.17) is 0 Å². The SMILES string of the molecule is Ic1cccc2c1C=CC2CCC1C=Cc2c(I)cccc21. The molecule has 0 aliphatic heterocycles. The first-order valence-corrected chi connectivity index (χ1v) is 9.83. The topological polar surface area (TPSA) is 0 Å². The second kappa shape index (κ2) is 6.11. The molecule has 2 atom stereocenters. The number of halogens is 2. The highest BCUT2D eigenvalue weighted by Gasteiger charge is 2.23. The minimum Gasteiger partial charge on any atom is -0.0763 e. The van der Waals surface area contributed by atoms with E-state index in [0.717, 1.165) is 0 Å². The molecule has 0 aromatic heterocycles. The first kappa shape index (κ1) is 14.9. The maximum atomic E-state index is 2.44. The van der Waals surface area contributed by atoms with Gasteiger partial charge in [-0.3, -0.25) is 0 Å². The van der Waals surface area contributed by atoms with Crippen molar-refractivity contribution in [1.82, 2.24) is 0 Å². The van der Waals surface area contributed by atoms with E-state index in [1.807, 2.05) is 0 Å². The van der Waals surface area contributed by atoms with Crippen LogP contribution >= 0.6 is 45.2 Å². The predicted octanol–water partition coefficient (Wildman–Crippen LogP) is 6.60. The monoisotopic (exact) mass is 510 g/mol. The zero-order chi connectivity index (χ0) is 15.1. The molecule has 2 heteroatoms. The normalized spacial score (nSPS) is 21.2. The van der Waals surface area contributed by atoms with E-state index in [1.165, 1.54) is 42.2 Å². The zero-order valence-electron chi connectivity index (χ0n) is 12.1. The smallest absolute Gasteiger partial charge is 0.0205 e. The summed E-state index contributed by atoms with van der Waals surface area (Å²) < 4.78 is 2.74. The molecule has 2 unspecified atom stereocenters. The molecule has 2 aliphatic rings. The Morgan fingerprint density at radius 2 is 1.14 bits per heavy atom. The molecule has 2 aromatic carbocycles. The fraction of sp³-hybridized carbons (Fsp3) is 0.200. The molecule has 0 fully saturated rings. The van der Waals surface area contributed by atoms with E-state index in [-0.39, 0.29) is 0 Å². The van der Waals surface area contributed by atoms with Crippen LogP contribution in [-0.2, 0) is 0 Å². The summed E-state index contributed by atoms with van der Waals surface area (Å²) in [5.74, 6) is 1.18. The molecule has 2 aliphatic carbocycles. The van der Waals surface area contributed by atoms with Crippen molar-refractivity contribution in [2.24, 2.45) is 0 Å². The summed E-state index contributed by atoms with van der Waals surface area (Å²) in [6.07, 6.45) is 11.8. The van der Waals surface area contributed by atoms with Gasteiger partial charge in [0.2, 0.25) is 0 Å². The minimum absolute atomic E-state index is 0.588. The summed E-state index contributed by atoms with van der Waals surface area (Å²) in [6, 6.07) is 13.4. The lowest BCUT2D eigenvalue weighted by Crippen LogP contribution is -1.99. The summed E-state index contributed by atoms with van der Waals surface area (Å²) in [6.45, 7) is 0. The van der Waals surface area contributed by atoms with Crippen molar-refractivity contribution in [2.45, 2.75) is 24.7 Å². The molecule has 110 valence electrons. The standard InChI is InChI=1S/C20H16I2/c21-19-5-1-3-15-13(9-11-17(15)19)7-8-14-10-12-18-16(14)4-2-6-20(18)22/h1-6,9-14H,7-8H2. The molecule has 2 aromatic rings. The van der Waals surface area contributed by atoms with Gasteiger partial charge in [0, 0.05) is 19.0 Å². The number of hydrogen-bond donors (Lipinski definition) is 0. The van der Waals surface area contributed by atoms with Crippen LogP contribution in [0.1, 0.15) is 46.9 Å². The van der Waals surface area contributed by atoms with Crippen LogP contribution in [0, 0.1) is 7.14 Å². The van der Waals surface area contributed by atoms with Crippen molar-refractivity contribution >= 4 is 57.3 Å². The van der Waals surface area contributed by atoms with Crippen LogP contribution in [0.15, 0.2) is 48.6 Å². The lowest BCUT2D eigenvalue weighted by Gasteiger charge is -2.16. The highest BCUT2D eigenvalue weighted by molar-refractivity contribution is 14.1. The fourth-order valence-electron chi connectivity index (χ4n) is 3.60. The lowest BCUT2D eigenvalue weighted by molar-refractivity contribution is 0.642. The summed E-state index contributed by atoms with van der Waals surface area (Å²) in [4.78, 5) is 0. The van der Waals surface area contributed by atoms with Gasteiger partial charge in [-0.25, -0.2) is 0 Å². The van der Waals surface area contributed by atoms with Crippen molar-refractivity contribution in [3.63, 3.8) is 0 Å². The fourth-order valence-corrected chi connectivity index (χ4v) is 5.00. The molecule has 0 N–H and O–H groups in total. The quantitative estimate of drug-likeness (QED) is 0.409. The number of rotatable bonds is 3. The molecule has 0 amide bonds. The highest BCUT2D eigenvalue weighted by Crippen LogP contribution is 2.40. The van der Waals surface area contributed by atoms with Crippen LogP contribution in [0.3, 0.4) is 0 Å². The predicted molar refractivity (Wildman–Crippen MR) is 111 cm³/mol. The van der Waals surface area contributed by atoms with Gasteiger partial charge >= 0.3 is 0 Å². The molecule has 22 heavy (non-hydrogen) atoms. The van der Waals surface area contributed by atoms with Gasteiger partial charge in [0.15, 0.2) is 0 Å². The first-order valence-electron chi connectivity index (χ1n) is 7.67. The second-order valence-corrected chi connectivity index (χ2v) is 8.32. The molecule has 0 saturated carbocycles. The molecule has 0 saturated heterocycles. The molecule has 0 bridgehead atoms. The largest absolute Gasteiger partial charge is 0.0763 e. The molecule has 4 rings (SSSR count). The van der Waals surface area contributed by atoms with Crippen molar-refractivity contribution in [1.29, 1.82) is 0 Å². The van der Waals surface area contributed by atoms with E-state index in [0.29, 0.717) is 11.8 Å². The van der Waals surface area contributed by atoms with Crippen molar-refractivity contribution in [3.8, 4) is 0 Å². The molecular formula is C20H16I2. The van der Waals surface area contributed by atoms with Gasteiger partial charge in [0.25, 0.3) is 0 Å². The van der Waals surface area contributed by atoms with Crippen molar-refractivity contribution in [2.75, 3.05) is 0 Å². The van der Waals surface area contributed by atoms with Crippen LogP contribution in [-0.4, -0.2) is 0 Å². The van der Waals surface area contributed by atoms with Gasteiger partial charge < -0.3 is 0 Å². The van der Waals surface area contributed by atoms with Crippen LogP contribution < -0.4 is 0 Å². The van der Waals surface area contributed by atoms with Crippen LogP contribution in [0.2, 0.25) is 0 Å². The molecule has 0 nitrogen and oxygen atoms in total. The average molecular weight is 510 g/mol. The van der Waals surface area contributed by atoms with E-state index < -0.39 is 0 Å². The number of benzene rings is 2. The third-order valence-electron chi connectivity index (χ3n) is 4.75. The van der Waals surface area contributed by atoms with E-state index >= 15 is 0 Å².